The van der Waals surface area contributed by atoms with Gasteiger partial charge in [-0.1, -0.05) is 13.3 Å². The van der Waals surface area contributed by atoms with Gasteiger partial charge in [0.1, 0.15) is 0 Å². The lowest BCUT2D eigenvalue weighted by Crippen LogP contribution is -2.09. The van der Waals surface area contributed by atoms with Gasteiger partial charge in [0.2, 0.25) is 5.91 Å². The van der Waals surface area contributed by atoms with Gasteiger partial charge in [-0.3, -0.25) is 4.79 Å². The highest BCUT2D eigenvalue weighted by atomic mass is 28.1. The molecule has 0 atom stereocenters. The Kier molecular flexibility index (Phi) is 8.88. The largest absolute Gasteiger partial charge is 0.370 e. The van der Waals surface area contributed by atoms with Crippen molar-refractivity contribution in [1.82, 2.24) is 0 Å². The topological polar surface area (TPSA) is 43.1 Å². The third-order valence-corrected chi connectivity index (χ3v) is 0.777. The molecule has 0 fully saturated rings. The van der Waals surface area contributed by atoms with Gasteiger partial charge in [-0.05, 0) is 17.4 Å². The summed E-state index contributed by atoms with van der Waals surface area (Å²) in [5.74, 6) is -0.193. The zero-order valence-corrected chi connectivity index (χ0v) is 4.61. The first-order valence-electron chi connectivity index (χ1n) is 2.55. The van der Waals surface area contributed by atoms with E-state index in [1.807, 2.05) is 6.92 Å². The third-order valence-electron chi connectivity index (χ3n) is 0.777. The van der Waals surface area contributed by atoms with Crippen LogP contribution in [0.2, 0.25) is 0 Å². The summed E-state index contributed by atoms with van der Waals surface area (Å²) < 4.78 is 0. The number of rotatable bonds is 3. The second kappa shape index (κ2) is 6.69. The van der Waals surface area contributed by atoms with Crippen molar-refractivity contribution in [2.24, 2.45) is 5.73 Å². The first-order valence-corrected chi connectivity index (χ1v) is 2.55. The number of unbranched alkanes of at least 4 members (excludes halogenated alkanes) is 1. The van der Waals surface area contributed by atoms with Crippen LogP contribution in [0, 0.1) is 0 Å². The molecule has 0 saturated heterocycles. The van der Waals surface area contributed by atoms with E-state index in [0.29, 0.717) is 6.42 Å². The fourth-order valence-corrected chi connectivity index (χ4v) is 0.351. The van der Waals surface area contributed by atoms with E-state index < -0.39 is 0 Å². The van der Waals surface area contributed by atoms with Crippen molar-refractivity contribution in [3.05, 3.63) is 0 Å². The normalized spacial score (nSPS) is 7.62. The molecule has 0 aliphatic rings. The van der Waals surface area contributed by atoms with Crippen molar-refractivity contribution >= 4 is 16.9 Å². The molecule has 2 nitrogen and oxygen atoms in total. The SMILES string of the molecule is CCCCC(N)=O.[SiH4]. The number of amides is 1. The molecule has 50 valence electrons. The van der Waals surface area contributed by atoms with Crippen LogP contribution in [-0.4, -0.2) is 16.9 Å². The van der Waals surface area contributed by atoms with Gasteiger partial charge in [-0.25, -0.2) is 0 Å². The maximum atomic E-state index is 9.98. The van der Waals surface area contributed by atoms with Crippen LogP contribution in [0.1, 0.15) is 26.2 Å². The molecular weight excluding hydrogens is 118 g/mol. The standard InChI is InChI=1S/C5H11NO.H4Si/c1-2-3-4-5(6)7;/h2-4H2,1H3,(H2,6,7);1H4. The lowest BCUT2D eigenvalue weighted by molar-refractivity contribution is -0.118. The van der Waals surface area contributed by atoms with Crippen LogP contribution in [0.5, 0.6) is 0 Å². The Morgan fingerprint density at radius 2 is 2.12 bits per heavy atom. The Bertz CT molecular complexity index is 65.4. The van der Waals surface area contributed by atoms with Crippen LogP contribution >= 0.6 is 0 Å². The summed E-state index contributed by atoms with van der Waals surface area (Å²) in [5.41, 5.74) is 4.84. The molecule has 8 heavy (non-hydrogen) atoms. The zero-order chi connectivity index (χ0) is 5.70. The van der Waals surface area contributed by atoms with E-state index in [0.717, 1.165) is 12.8 Å². The van der Waals surface area contributed by atoms with Crippen molar-refractivity contribution in [2.45, 2.75) is 26.2 Å². The highest BCUT2D eigenvalue weighted by Crippen LogP contribution is 1.89. The average Bonchev–Trinajstić information content (AvgIpc) is 1.61. The first kappa shape index (κ1) is 10.6. The number of carbonyl (C=O) groups is 1. The van der Waals surface area contributed by atoms with Crippen molar-refractivity contribution in [2.75, 3.05) is 0 Å². The fraction of sp³-hybridized carbons (Fsp3) is 0.800. The molecule has 0 aliphatic carbocycles. The second-order valence-electron chi connectivity index (χ2n) is 1.57. The van der Waals surface area contributed by atoms with Gasteiger partial charge in [0.15, 0.2) is 0 Å². The summed E-state index contributed by atoms with van der Waals surface area (Å²) in [6.45, 7) is 2.03. The Hall–Kier alpha value is -0.313. The Morgan fingerprint density at radius 1 is 1.62 bits per heavy atom. The van der Waals surface area contributed by atoms with E-state index in [4.69, 9.17) is 5.73 Å². The van der Waals surface area contributed by atoms with Crippen molar-refractivity contribution in [3.8, 4) is 0 Å². The predicted molar refractivity (Wildman–Crippen MR) is 40.1 cm³/mol. The number of primary amides is 1. The van der Waals surface area contributed by atoms with E-state index in [9.17, 15) is 4.79 Å². The Morgan fingerprint density at radius 3 is 2.25 bits per heavy atom. The minimum Gasteiger partial charge on any atom is -0.370 e. The molecule has 0 bridgehead atoms. The number of carbonyl (C=O) groups excluding carboxylic acids is 1. The molecule has 0 aromatic rings. The zero-order valence-electron chi connectivity index (χ0n) is 4.61. The lowest BCUT2D eigenvalue weighted by atomic mass is 10.2. The van der Waals surface area contributed by atoms with Gasteiger partial charge in [0.05, 0.1) is 0 Å². The van der Waals surface area contributed by atoms with Gasteiger partial charge >= 0.3 is 0 Å². The fourth-order valence-electron chi connectivity index (χ4n) is 0.351. The van der Waals surface area contributed by atoms with Gasteiger partial charge in [-0.2, -0.15) is 0 Å². The summed E-state index contributed by atoms with van der Waals surface area (Å²) in [4.78, 5) is 9.98. The molecule has 3 heteroatoms. The lowest BCUT2D eigenvalue weighted by Gasteiger charge is -1.86. The number of hydrogen-bond donors (Lipinski definition) is 1. The number of hydrogen-bond acceptors (Lipinski definition) is 1. The van der Waals surface area contributed by atoms with Crippen molar-refractivity contribution in [1.29, 1.82) is 0 Å². The molecular formula is C5H15NOSi. The monoisotopic (exact) mass is 133 g/mol. The summed E-state index contributed by atoms with van der Waals surface area (Å²) in [7, 11) is 0. The number of nitrogens with two attached hydrogens (primary N) is 1. The summed E-state index contributed by atoms with van der Waals surface area (Å²) in [6, 6.07) is 0. The van der Waals surface area contributed by atoms with Crippen molar-refractivity contribution < 1.29 is 4.79 Å². The van der Waals surface area contributed by atoms with Crippen LogP contribution in [-0.2, 0) is 4.79 Å². The quantitative estimate of drug-likeness (QED) is 0.504. The summed E-state index contributed by atoms with van der Waals surface area (Å²) in [6.07, 6.45) is 2.51. The molecule has 0 spiro atoms. The van der Waals surface area contributed by atoms with Gasteiger partial charge in [0.25, 0.3) is 0 Å². The van der Waals surface area contributed by atoms with E-state index in [-0.39, 0.29) is 16.9 Å². The molecule has 0 aliphatic heterocycles. The van der Waals surface area contributed by atoms with Gasteiger partial charge < -0.3 is 5.73 Å². The van der Waals surface area contributed by atoms with Gasteiger partial charge in [0, 0.05) is 6.42 Å². The van der Waals surface area contributed by atoms with Crippen LogP contribution in [0.25, 0.3) is 0 Å². The molecule has 0 heterocycles. The summed E-state index contributed by atoms with van der Waals surface area (Å²) in [5, 5.41) is 0. The predicted octanol–water partition coefficient (Wildman–Crippen LogP) is -0.790. The van der Waals surface area contributed by atoms with E-state index in [1.165, 1.54) is 0 Å². The second-order valence-corrected chi connectivity index (χ2v) is 1.57. The first-order chi connectivity index (χ1) is 3.27. The highest BCUT2D eigenvalue weighted by Gasteiger charge is 1.88. The van der Waals surface area contributed by atoms with E-state index >= 15 is 0 Å². The van der Waals surface area contributed by atoms with E-state index in [2.05, 4.69) is 0 Å². The Labute approximate surface area is 54.5 Å². The van der Waals surface area contributed by atoms with Crippen LogP contribution in [0.15, 0.2) is 0 Å². The average molecular weight is 133 g/mol. The third kappa shape index (κ3) is 9.19. The maximum absolute atomic E-state index is 9.98. The Balaban J connectivity index is 0. The molecule has 2 N–H and O–H groups in total. The molecule has 0 aromatic carbocycles. The van der Waals surface area contributed by atoms with Crippen LogP contribution in [0.4, 0.5) is 0 Å². The minimum absolute atomic E-state index is 0. The van der Waals surface area contributed by atoms with E-state index in [1.54, 1.807) is 0 Å². The molecule has 0 rings (SSSR count). The van der Waals surface area contributed by atoms with Crippen LogP contribution in [0.3, 0.4) is 0 Å². The highest BCUT2D eigenvalue weighted by molar-refractivity contribution is 5.75. The van der Waals surface area contributed by atoms with Crippen LogP contribution < -0.4 is 5.73 Å². The molecule has 0 unspecified atom stereocenters. The maximum Gasteiger partial charge on any atom is 0.217 e. The minimum atomic E-state index is -0.193. The molecule has 0 saturated carbocycles. The van der Waals surface area contributed by atoms with Gasteiger partial charge in [-0.15, -0.1) is 0 Å². The summed E-state index contributed by atoms with van der Waals surface area (Å²) >= 11 is 0. The molecule has 0 aromatic heterocycles. The smallest absolute Gasteiger partial charge is 0.217 e. The van der Waals surface area contributed by atoms with Crippen molar-refractivity contribution in [3.63, 3.8) is 0 Å². The molecule has 0 radical (unpaired) electrons. The molecule has 1 amide bonds.